The highest BCUT2D eigenvalue weighted by Crippen LogP contribution is 2.27. The van der Waals surface area contributed by atoms with E-state index in [0.29, 0.717) is 48.5 Å². The van der Waals surface area contributed by atoms with Crippen LogP contribution in [0.15, 0.2) is 29.3 Å². The molecule has 1 aliphatic rings. The highest BCUT2D eigenvalue weighted by Gasteiger charge is 2.31. The van der Waals surface area contributed by atoms with Crippen LogP contribution in [-0.4, -0.2) is 53.6 Å². The first-order chi connectivity index (χ1) is 11.8. The summed E-state index contributed by atoms with van der Waals surface area (Å²) >= 11 is 12.4. The van der Waals surface area contributed by atoms with Gasteiger partial charge in [-0.3, -0.25) is 9.58 Å². The van der Waals surface area contributed by atoms with E-state index in [0.717, 1.165) is 5.56 Å². The molecule has 9 heteroatoms. The van der Waals surface area contributed by atoms with Gasteiger partial charge in [0.2, 0.25) is 10.0 Å². The topological polar surface area (TPSA) is 58.4 Å². The number of nitrogens with zero attached hydrogens (tertiary/aromatic N) is 4. The third kappa shape index (κ3) is 3.85. The Morgan fingerprint density at radius 3 is 2.24 bits per heavy atom. The maximum Gasteiger partial charge on any atom is 0.246 e. The number of halogens is 2. The highest BCUT2D eigenvalue weighted by atomic mass is 35.5. The quantitative estimate of drug-likeness (QED) is 0.788. The molecule has 1 aromatic heterocycles. The number of rotatable bonds is 4. The highest BCUT2D eigenvalue weighted by molar-refractivity contribution is 7.89. The van der Waals surface area contributed by atoms with Crippen molar-refractivity contribution in [3.05, 3.63) is 45.7 Å². The van der Waals surface area contributed by atoms with Crippen LogP contribution >= 0.6 is 23.2 Å². The summed E-state index contributed by atoms with van der Waals surface area (Å²) in [6, 6.07) is 5.44. The second-order valence-electron chi connectivity index (χ2n) is 6.13. The summed E-state index contributed by atoms with van der Waals surface area (Å²) < 4.78 is 28.7. The fourth-order valence-electron chi connectivity index (χ4n) is 3.01. The lowest BCUT2D eigenvalue weighted by Crippen LogP contribution is -2.48. The number of hydrogen-bond acceptors (Lipinski definition) is 4. The maximum atomic E-state index is 12.8. The molecule has 1 saturated heterocycles. The molecule has 0 N–H and O–H groups in total. The van der Waals surface area contributed by atoms with Gasteiger partial charge in [0.15, 0.2) is 0 Å². The summed E-state index contributed by atoms with van der Waals surface area (Å²) in [5.74, 6) is 0. The van der Waals surface area contributed by atoms with E-state index in [1.807, 2.05) is 18.2 Å². The second-order valence-corrected chi connectivity index (χ2v) is 8.85. The van der Waals surface area contributed by atoms with Gasteiger partial charge in [0.25, 0.3) is 0 Å². The standard InChI is InChI=1S/C16H20Cl2N4O2S/c1-12-16(11-20(2)19-12)25(23,24)22-8-6-21(7-9-22)10-13-14(17)4-3-5-15(13)18/h3-5,11H,6-10H2,1-2H3. The monoisotopic (exact) mass is 402 g/mol. The first-order valence-electron chi connectivity index (χ1n) is 7.94. The van der Waals surface area contributed by atoms with Crippen LogP contribution in [0.3, 0.4) is 0 Å². The Kier molecular flexibility index (Phi) is 5.41. The number of aromatic nitrogens is 2. The van der Waals surface area contributed by atoms with Gasteiger partial charge in [0, 0.05) is 61.6 Å². The number of benzene rings is 1. The lowest BCUT2D eigenvalue weighted by atomic mass is 10.2. The van der Waals surface area contributed by atoms with Crippen molar-refractivity contribution in [2.24, 2.45) is 7.05 Å². The first-order valence-corrected chi connectivity index (χ1v) is 10.1. The zero-order chi connectivity index (χ0) is 18.2. The van der Waals surface area contributed by atoms with Crippen LogP contribution < -0.4 is 0 Å². The normalized spacial score (nSPS) is 17.1. The Morgan fingerprint density at radius 2 is 1.72 bits per heavy atom. The summed E-state index contributed by atoms with van der Waals surface area (Å²) in [6.45, 7) is 4.43. The Balaban J connectivity index is 1.69. The average molecular weight is 403 g/mol. The Hall–Kier alpha value is -1.12. The average Bonchev–Trinajstić information content (AvgIpc) is 2.91. The van der Waals surface area contributed by atoms with Gasteiger partial charge in [0.05, 0.1) is 5.69 Å². The molecule has 1 aliphatic heterocycles. The molecule has 0 amide bonds. The third-order valence-corrected chi connectivity index (χ3v) is 7.07. The molecule has 2 aromatic rings. The number of piperazine rings is 1. The van der Waals surface area contributed by atoms with Crippen LogP contribution in [0.1, 0.15) is 11.3 Å². The van der Waals surface area contributed by atoms with Crippen LogP contribution in [0.25, 0.3) is 0 Å². The molecule has 6 nitrogen and oxygen atoms in total. The Labute approximate surface area is 158 Å². The van der Waals surface area contributed by atoms with Crippen molar-refractivity contribution in [1.29, 1.82) is 0 Å². The van der Waals surface area contributed by atoms with E-state index >= 15 is 0 Å². The molecular formula is C16H20Cl2N4O2S. The van der Waals surface area contributed by atoms with E-state index in [4.69, 9.17) is 23.2 Å². The lowest BCUT2D eigenvalue weighted by molar-refractivity contribution is 0.181. The molecule has 0 spiro atoms. The van der Waals surface area contributed by atoms with E-state index < -0.39 is 10.0 Å². The number of hydrogen-bond donors (Lipinski definition) is 0. The smallest absolute Gasteiger partial charge is 0.246 e. The molecule has 0 atom stereocenters. The maximum absolute atomic E-state index is 12.8. The van der Waals surface area contributed by atoms with Crippen molar-refractivity contribution >= 4 is 33.2 Å². The predicted molar refractivity (Wildman–Crippen MR) is 98.4 cm³/mol. The first kappa shape index (κ1) is 18.7. The molecule has 0 aliphatic carbocycles. The number of aryl methyl sites for hydroxylation is 2. The molecule has 1 fully saturated rings. The van der Waals surface area contributed by atoms with Crippen LogP contribution in [0, 0.1) is 6.92 Å². The van der Waals surface area contributed by atoms with Gasteiger partial charge in [-0.1, -0.05) is 29.3 Å². The summed E-state index contributed by atoms with van der Waals surface area (Å²) in [6.07, 6.45) is 1.56. The van der Waals surface area contributed by atoms with Crippen molar-refractivity contribution in [3.63, 3.8) is 0 Å². The van der Waals surface area contributed by atoms with Gasteiger partial charge in [-0.25, -0.2) is 8.42 Å². The Morgan fingerprint density at radius 1 is 1.12 bits per heavy atom. The molecule has 0 unspecified atom stereocenters. The molecule has 0 saturated carbocycles. The molecule has 1 aromatic carbocycles. The SMILES string of the molecule is Cc1nn(C)cc1S(=O)(=O)N1CCN(Cc2c(Cl)cccc2Cl)CC1. The molecule has 25 heavy (non-hydrogen) atoms. The minimum absolute atomic E-state index is 0.276. The summed E-state index contributed by atoms with van der Waals surface area (Å²) in [5, 5.41) is 5.40. The van der Waals surface area contributed by atoms with Crippen molar-refractivity contribution < 1.29 is 8.42 Å². The second kappa shape index (κ2) is 7.25. The van der Waals surface area contributed by atoms with Crippen molar-refractivity contribution in [2.45, 2.75) is 18.4 Å². The Bertz CT molecular complexity index is 854. The lowest BCUT2D eigenvalue weighted by Gasteiger charge is -2.34. The largest absolute Gasteiger partial charge is 0.296 e. The van der Waals surface area contributed by atoms with Crippen molar-refractivity contribution in [2.75, 3.05) is 26.2 Å². The summed E-state index contributed by atoms with van der Waals surface area (Å²) in [4.78, 5) is 2.44. The fourth-order valence-corrected chi connectivity index (χ4v) is 5.14. The molecule has 3 rings (SSSR count). The summed E-state index contributed by atoms with van der Waals surface area (Å²) in [7, 11) is -1.79. The minimum Gasteiger partial charge on any atom is -0.296 e. The van der Waals surface area contributed by atoms with Gasteiger partial charge in [-0.2, -0.15) is 9.40 Å². The van der Waals surface area contributed by atoms with Gasteiger partial charge < -0.3 is 0 Å². The van der Waals surface area contributed by atoms with E-state index in [1.165, 1.54) is 8.99 Å². The molecule has 2 heterocycles. The predicted octanol–water partition coefficient (Wildman–Crippen LogP) is 2.54. The van der Waals surface area contributed by atoms with E-state index in [2.05, 4.69) is 10.00 Å². The van der Waals surface area contributed by atoms with Gasteiger partial charge in [0.1, 0.15) is 4.90 Å². The minimum atomic E-state index is -3.51. The molecular weight excluding hydrogens is 383 g/mol. The molecule has 0 bridgehead atoms. The van der Waals surface area contributed by atoms with Gasteiger partial charge in [-0.05, 0) is 19.1 Å². The zero-order valence-electron chi connectivity index (χ0n) is 14.1. The van der Waals surface area contributed by atoms with Crippen LogP contribution in [0.4, 0.5) is 0 Å². The number of sulfonamides is 1. The van der Waals surface area contributed by atoms with E-state index in [9.17, 15) is 8.42 Å². The van der Waals surface area contributed by atoms with Crippen molar-refractivity contribution in [3.8, 4) is 0 Å². The third-order valence-electron chi connectivity index (χ3n) is 4.36. The van der Waals surface area contributed by atoms with Crippen molar-refractivity contribution in [1.82, 2.24) is 19.0 Å². The van der Waals surface area contributed by atoms with Crippen LogP contribution in [-0.2, 0) is 23.6 Å². The van der Waals surface area contributed by atoms with Crippen LogP contribution in [0.2, 0.25) is 10.0 Å². The zero-order valence-corrected chi connectivity index (χ0v) is 16.4. The van der Waals surface area contributed by atoms with E-state index in [1.54, 1.807) is 20.2 Å². The molecule has 136 valence electrons. The van der Waals surface area contributed by atoms with E-state index in [-0.39, 0.29) is 4.90 Å². The fraction of sp³-hybridized carbons (Fsp3) is 0.438. The molecule has 0 radical (unpaired) electrons. The summed E-state index contributed by atoms with van der Waals surface area (Å²) in [5.41, 5.74) is 1.40. The van der Waals surface area contributed by atoms with Gasteiger partial charge >= 0.3 is 0 Å². The van der Waals surface area contributed by atoms with Gasteiger partial charge in [-0.15, -0.1) is 0 Å². The van der Waals surface area contributed by atoms with Crippen LogP contribution in [0.5, 0.6) is 0 Å².